The van der Waals surface area contributed by atoms with Crippen molar-refractivity contribution in [3.05, 3.63) is 35.6 Å². The zero-order chi connectivity index (χ0) is 11.1. The average molecular weight is 212 g/mol. The third kappa shape index (κ3) is 4.42. The summed E-state index contributed by atoms with van der Waals surface area (Å²) in [6.07, 6.45) is -0.523. The molecular weight excluding hydrogens is 199 g/mol. The molecule has 0 unspecified atom stereocenters. The zero-order valence-corrected chi connectivity index (χ0v) is 8.20. The second-order valence-corrected chi connectivity index (χ2v) is 2.92. The molecule has 0 bridgehead atoms. The van der Waals surface area contributed by atoms with Crippen molar-refractivity contribution in [3.63, 3.8) is 0 Å². The first-order chi connectivity index (χ1) is 7.22. The fourth-order valence-corrected chi connectivity index (χ4v) is 0.955. The number of nitrogens with one attached hydrogen (secondary N) is 1. The molecule has 1 amide bonds. The smallest absolute Gasteiger partial charge is 0.407 e. The number of alkyl carbamates (subject to hydrolysis) is 1. The van der Waals surface area contributed by atoms with Crippen molar-refractivity contribution in [2.75, 3.05) is 13.1 Å². The van der Waals surface area contributed by atoms with Gasteiger partial charge in [-0.2, -0.15) is 0 Å². The molecule has 5 heteroatoms. The molecule has 82 valence electrons. The molecule has 0 saturated heterocycles. The van der Waals surface area contributed by atoms with Crippen LogP contribution in [0.2, 0.25) is 0 Å². The Labute approximate surface area is 87.2 Å². The second kappa shape index (κ2) is 5.98. The predicted molar refractivity (Wildman–Crippen MR) is 53.6 cm³/mol. The largest absolute Gasteiger partial charge is 0.445 e. The molecule has 3 N–H and O–H groups in total. The standard InChI is InChI=1S/C10H13FN2O2/c11-9-3-1-8(2-4-9)7-15-10(14)13-6-5-12/h1-4H,5-7,12H2,(H,13,14). The Balaban J connectivity index is 2.30. The van der Waals surface area contributed by atoms with Gasteiger partial charge in [-0.15, -0.1) is 0 Å². The molecule has 1 aromatic rings. The maximum Gasteiger partial charge on any atom is 0.407 e. The van der Waals surface area contributed by atoms with Gasteiger partial charge in [0.2, 0.25) is 0 Å². The summed E-state index contributed by atoms with van der Waals surface area (Å²) >= 11 is 0. The minimum Gasteiger partial charge on any atom is -0.445 e. The molecule has 0 atom stereocenters. The van der Waals surface area contributed by atoms with Crippen molar-refractivity contribution >= 4 is 6.09 Å². The van der Waals surface area contributed by atoms with Crippen molar-refractivity contribution in [1.82, 2.24) is 5.32 Å². The molecule has 0 aliphatic heterocycles. The van der Waals surface area contributed by atoms with Gasteiger partial charge in [0.15, 0.2) is 0 Å². The van der Waals surface area contributed by atoms with Crippen LogP contribution in [0.1, 0.15) is 5.56 Å². The molecule has 0 aromatic heterocycles. The summed E-state index contributed by atoms with van der Waals surface area (Å²) in [6.45, 7) is 0.866. The first kappa shape index (κ1) is 11.5. The van der Waals surface area contributed by atoms with Crippen LogP contribution in [0.25, 0.3) is 0 Å². The number of hydrogen-bond acceptors (Lipinski definition) is 3. The van der Waals surface area contributed by atoms with Crippen LogP contribution in [0.3, 0.4) is 0 Å². The quantitative estimate of drug-likeness (QED) is 0.782. The summed E-state index contributed by atoms with van der Waals surface area (Å²) in [5.74, 6) is -0.314. The van der Waals surface area contributed by atoms with E-state index in [2.05, 4.69) is 5.32 Å². The molecule has 0 aliphatic carbocycles. The third-order valence-electron chi connectivity index (χ3n) is 1.70. The Morgan fingerprint density at radius 2 is 2.07 bits per heavy atom. The van der Waals surface area contributed by atoms with Crippen LogP contribution in [-0.4, -0.2) is 19.2 Å². The topological polar surface area (TPSA) is 64.3 Å². The van der Waals surface area contributed by atoms with Gasteiger partial charge in [-0.25, -0.2) is 9.18 Å². The average Bonchev–Trinajstić information content (AvgIpc) is 2.25. The Bertz CT molecular complexity index is 314. The number of amides is 1. The van der Waals surface area contributed by atoms with Crippen LogP contribution in [0.5, 0.6) is 0 Å². The molecule has 0 aliphatic rings. The van der Waals surface area contributed by atoms with Crippen LogP contribution in [-0.2, 0) is 11.3 Å². The minimum absolute atomic E-state index is 0.122. The van der Waals surface area contributed by atoms with Crippen LogP contribution < -0.4 is 11.1 Å². The third-order valence-corrected chi connectivity index (χ3v) is 1.70. The van der Waals surface area contributed by atoms with Gasteiger partial charge in [0.25, 0.3) is 0 Å². The summed E-state index contributed by atoms with van der Waals surface area (Å²) in [5, 5.41) is 2.45. The van der Waals surface area contributed by atoms with Gasteiger partial charge in [0.1, 0.15) is 12.4 Å². The second-order valence-electron chi connectivity index (χ2n) is 2.92. The van der Waals surface area contributed by atoms with E-state index in [0.29, 0.717) is 13.1 Å². The number of halogens is 1. The monoisotopic (exact) mass is 212 g/mol. The van der Waals surface area contributed by atoms with Crippen LogP contribution in [0, 0.1) is 5.82 Å². The maximum absolute atomic E-state index is 12.5. The Morgan fingerprint density at radius 1 is 1.40 bits per heavy atom. The lowest BCUT2D eigenvalue weighted by Crippen LogP contribution is -2.29. The van der Waals surface area contributed by atoms with E-state index in [1.807, 2.05) is 0 Å². The van der Waals surface area contributed by atoms with Crippen molar-refractivity contribution in [3.8, 4) is 0 Å². The van der Waals surface area contributed by atoms with Gasteiger partial charge in [-0.1, -0.05) is 12.1 Å². The van der Waals surface area contributed by atoms with E-state index >= 15 is 0 Å². The van der Waals surface area contributed by atoms with E-state index in [-0.39, 0.29) is 12.4 Å². The number of benzene rings is 1. The Kier molecular flexibility index (Phi) is 4.56. The summed E-state index contributed by atoms with van der Waals surface area (Å²) in [7, 11) is 0. The van der Waals surface area contributed by atoms with Crippen LogP contribution in [0.4, 0.5) is 9.18 Å². The van der Waals surface area contributed by atoms with Gasteiger partial charge >= 0.3 is 6.09 Å². The van der Waals surface area contributed by atoms with Gasteiger partial charge in [-0.3, -0.25) is 0 Å². The Morgan fingerprint density at radius 3 is 2.67 bits per heavy atom. The van der Waals surface area contributed by atoms with Crippen molar-refractivity contribution in [1.29, 1.82) is 0 Å². The predicted octanol–water partition coefficient (Wildman–Crippen LogP) is 1.01. The van der Waals surface area contributed by atoms with E-state index in [4.69, 9.17) is 10.5 Å². The molecule has 0 radical (unpaired) electrons. The van der Waals surface area contributed by atoms with E-state index in [9.17, 15) is 9.18 Å². The molecule has 15 heavy (non-hydrogen) atoms. The molecule has 1 rings (SSSR count). The number of hydrogen-bond donors (Lipinski definition) is 2. The number of carbonyl (C=O) groups excluding carboxylic acids is 1. The minimum atomic E-state index is -0.523. The summed E-state index contributed by atoms with van der Waals surface area (Å²) in [4.78, 5) is 11.0. The van der Waals surface area contributed by atoms with Crippen molar-refractivity contribution in [2.24, 2.45) is 5.73 Å². The van der Waals surface area contributed by atoms with E-state index in [0.717, 1.165) is 5.56 Å². The molecule has 1 aromatic carbocycles. The van der Waals surface area contributed by atoms with Crippen molar-refractivity contribution < 1.29 is 13.9 Å². The van der Waals surface area contributed by atoms with Gasteiger partial charge in [-0.05, 0) is 17.7 Å². The van der Waals surface area contributed by atoms with Gasteiger partial charge in [0.05, 0.1) is 0 Å². The first-order valence-corrected chi connectivity index (χ1v) is 4.57. The van der Waals surface area contributed by atoms with E-state index in [1.54, 1.807) is 12.1 Å². The molecule has 0 saturated carbocycles. The SMILES string of the molecule is NCCNC(=O)OCc1ccc(F)cc1. The highest BCUT2D eigenvalue weighted by Crippen LogP contribution is 2.03. The molecule has 0 spiro atoms. The molecule has 0 fully saturated rings. The zero-order valence-electron chi connectivity index (χ0n) is 8.20. The lowest BCUT2D eigenvalue weighted by atomic mass is 10.2. The first-order valence-electron chi connectivity index (χ1n) is 4.57. The normalized spacial score (nSPS) is 9.73. The molecule has 0 heterocycles. The number of carbonyl (C=O) groups is 1. The highest BCUT2D eigenvalue weighted by molar-refractivity contribution is 5.67. The van der Waals surface area contributed by atoms with Crippen LogP contribution >= 0.6 is 0 Å². The maximum atomic E-state index is 12.5. The van der Waals surface area contributed by atoms with Crippen molar-refractivity contribution in [2.45, 2.75) is 6.61 Å². The highest BCUT2D eigenvalue weighted by atomic mass is 19.1. The van der Waals surface area contributed by atoms with Crippen LogP contribution in [0.15, 0.2) is 24.3 Å². The van der Waals surface area contributed by atoms with E-state index < -0.39 is 6.09 Å². The summed E-state index contributed by atoms with van der Waals surface area (Å²) < 4.78 is 17.4. The van der Waals surface area contributed by atoms with Gasteiger partial charge < -0.3 is 15.8 Å². The molecular formula is C10H13FN2O2. The highest BCUT2D eigenvalue weighted by Gasteiger charge is 2.00. The fraction of sp³-hybridized carbons (Fsp3) is 0.300. The fourth-order valence-electron chi connectivity index (χ4n) is 0.955. The van der Waals surface area contributed by atoms with E-state index in [1.165, 1.54) is 12.1 Å². The van der Waals surface area contributed by atoms with Gasteiger partial charge in [0, 0.05) is 13.1 Å². The molecule has 4 nitrogen and oxygen atoms in total. The number of nitrogens with two attached hydrogens (primary N) is 1. The lowest BCUT2D eigenvalue weighted by molar-refractivity contribution is 0.140. The lowest BCUT2D eigenvalue weighted by Gasteiger charge is -2.05. The summed E-state index contributed by atoms with van der Waals surface area (Å²) in [5.41, 5.74) is 5.92. The number of ether oxygens (including phenoxy) is 1. The number of rotatable bonds is 4. The summed E-state index contributed by atoms with van der Waals surface area (Å²) in [6, 6.07) is 5.75. The Hall–Kier alpha value is -1.62.